The summed E-state index contributed by atoms with van der Waals surface area (Å²) in [4.78, 5) is 0. The number of rotatable bonds is 0. The molecule has 0 aliphatic heterocycles. The molecule has 4 heteroatoms. The molecule has 2 nitrogen and oxygen atoms in total. The zero-order valence-electron chi connectivity index (χ0n) is 1.82. The summed E-state index contributed by atoms with van der Waals surface area (Å²) in [6, 6.07) is 0. The van der Waals surface area contributed by atoms with Crippen molar-refractivity contribution in [2.45, 2.75) is 0 Å². The highest BCUT2D eigenvalue weighted by atomic mass is 28.1. The van der Waals surface area contributed by atoms with Crippen molar-refractivity contribution in [1.29, 1.82) is 0 Å². The molecule has 0 atom stereocenters. The van der Waals surface area contributed by atoms with E-state index in [4.69, 9.17) is 0 Å². The van der Waals surface area contributed by atoms with Gasteiger partial charge in [-0.3, -0.25) is 0 Å². The highest BCUT2D eigenvalue weighted by Gasteiger charge is 0.00300. The minimum Gasteiger partial charge on any atom is 0 e. The monoisotopic (exact) mass is 87.9 g/mol. The average Bonchev–Trinajstić information content (AvgIpc) is 0. The molecule has 0 aromatic heterocycles. The standard InChI is InChI=1S/2O.2Si. The maximum Gasteiger partial charge on any atom is 0 e. The van der Waals surface area contributed by atoms with Crippen LogP contribution in [0.3, 0.4) is 0 Å². The Morgan fingerprint density at radius 1 is 0.500 bits per heavy atom. The third-order valence-electron chi connectivity index (χ3n) is 0. The Morgan fingerprint density at radius 3 is 0.500 bits per heavy atom. The van der Waals surface area contributed by atoms with Gasteiger partial charge in [-0.1, -0.05) is 0 Å². The Balaban J connectivity index is 0. The van der Waals surface area contributed by atoms with Crippen LogP contribution in [0.4, 0.5) is 0 Å². The van der Waals surface area contributed by atoms with Gasteiger partial charge in [-0.2, -0.15) is 0 Å². The Morgan fingerprint density at radius 2 is 0.500 bits per heavy atom. The average molecular weight is 88.2 g/mol. The van der Waals surface area contributed by atoms with Gasteiger partial charge in [0.25, 0.3) is 0 Å². The third-order valence-corrected chi connectivity index (χ3v) is 0. The van der Waals surface area contributed by atoms with Crippen LogP contribution < -0.4 is 0 Å². The lowest BCUT2D eigenvalue weighted by Crippen LogP contribution is -0.382. The highest BCUT2D eigenvalue weighted by Crippen LogP contribution is -0.118. The van der Waals surface area contributed by atoms with Gasteiger partial charge in [0.2, 0.25) is 0 Å². The van der Waals surface area contributed by atoms with Crippen LogP contribution in [0.15, 0.2) is 0 Å². The fourth-order valence-electron chi connectivity index (χ4n) is 0. The summed E-state index contributed by atoms with van der Waals surface area (Å²) in [6.45, 7) is 0. The molecule has 0 rings (SSSR count). The Labute approximate surface area is 33.9 Å². The molecule has 0 aliphatic rings. The number of hydrogen-bond donors (Lipinski definition) is 0. The van der Waals surface area contributed by atoms with Crippen molar-refractivity contribution in [3.63, 3.8) is 0 Å². The fourth-order valence-corrected chi connectivity index (χ4v) is 0. The quantitative estimate of drug-likeness (QED) is 0.341. The summed E-state index contributed by atoms with van der Waals surface area (Å²) in [5, 5.41) is 0. The summed E-state index contributed by atoms with van der Waals surface area (Å²) < 4.78 is 0. The first kappa shape index (κ1) is 391. The SMILES string of the molecule is [O].[O].[Si].[Si]. The van der Waals surface area contributed by atoms with Crippen LogP contribution in [-0.2, 0) is 11.0 Å². The first-order chi connectivity index (χ1) is 0. The van der Waals surface area contributed by atoms with E-state index in [1.807, 2.05) is 0 Å². The second-order valence-electron chi connectivity index (χ2n) is 0. The van der Waals surface area contributed by atoms with Crippen LogP contribution in [0.2, 0.25) is 0 Å². The summed E-state index contributed by atoms with van der Waals surface area (Å²) >= 11 is 0. The van der Waals surface area contributed by atoms with E-state index in [1.165, 1.54) is 0 Å². The van der Waals surface area contributed by atoms with Crippen molar-refractivity contribution >= 4 is 21.9 Å². The van der Waals surface area contributed by atoms with Gasteiger partial charge >= 0.3 is 0 Å². The minimum atomic E-state index is 0. The summed E-state index contributed by atoms with van der Waals surface area (Å²) in [5.74, 6) is 0. The Hall–Kier alpha value is 0.354. The fraction of sp³-hybridized carbons (Fsp3) is 0. The molecule has 0 amide bonds. The van der Waals surface area contributed by atoms with Crippen molar-refractivity contribution in [2.75, 3.05) is 0 Å². The van der Waals surface area contributed by atoms with Gasteiger partial charge in [-0.25, -0.2) is 0 Å². The van der Waals surface area contributed by atoms with Gasteiger partial charge in [0.15, 0.2) is 0 Å². The van der Waals surface area contributed by atoms with E-state index in [0.29, 0.717) is 0 Å². The molecular formula is O2Si2. The largest absolute Gasteiger partial charge is 0 e. The van der Waals surface area contributed by atoms with Gasteiger partial charge < -0.3 is 0 Å². The summed E-state index contributed by atoms with van der Waals surface area (Å²) in [5.41, 5.74) is 0. The van der Waals surface area contributed by atoms with Gasteiger partial charge in [0, 0.05) is 32.9 Å². The molecule has 0 aliphatic carbocycles. The van der Waals surface area contributed by atoms with Crippen molar-refractivity contribution in [2.24, 2.45) is 0 Å². The van der Waals surface area contributed by atoms with Crippen LogP contribution in [-0.4, -0.2) is 21.9 Å². The van der Waals surface area contributed by atoms with Crippen molar-refractivity contribution in [3.05, 3.63) is 0 Å². The third kappa shape index (κ3) is 34.5. The van der Waals surface area contributed by atoms with E-state index < -0.39 is 0 Å². The van der Waals surface area contributed by atoms with Gasteiger partial charge in [-0.05, 0) is 0 Å². The second-order valence-corrected chi connectivity index (χ2v) is 0. The zero-order valence-corrected chi connectivity index (χ0v) is 3.82. The molecule has 0 fully saturated rings. The molecule has 0 saturated carbocycles. The zero-order chi connectivity index (χ0) is 0. The van der Waals surface area contributed by atoms with E-state index in [1.54, 1.807) is 0 Å². The molecule has 0 aromatic rings. The molecule has 12 radical (unpaired) electrons. The molecule has 20 valence electrons. The van der Waals surface area contributed by atoms with E-state index in [2.05, 4.69) is 0 Å². The minimum absolute atomic E-state index is 0. The topological polar surface area (TPSA) is 57.0 Å². The molecule has 0 spiro atoms. The molecule has 0 unspecified atom stereocenters. The summed E-state index contributed by atoms with van der Waals surface area (Å²) in [7, 11) is 0. The normalized spacial score (nSPS) is 0. The van der Waals surface area contributed by atoms with Crippen molar-refractivity contribution in [1.82, 2.24) is 0 Å². The van der Waals surface area contributed by atoms with Crippen LogP contribution in [0.25, 0.3) is 0 Å². The molecule has 0 saturated heterocycles. The van der Waals surface area contributed by atoms with Gasteiger partial charge in [0.1, 0.15) is 0 Å². The maximum atomic E-state index is 0. The lowest BCUT2D eigenvalue weighted by atomic mass is 16.0. The molecule has 0 N–H and O–H groups in total. The van der Waals surface area contributed by atoms with Crippen LogP contribution >= 0.6 is 0 Å². The van der Waals surface area contributed by atoms with Crippen molar-refractivity contribution in [3.8, 4) is 0 Å². The number of hydrogen-bond acceptors (Lipinski definition) is 0. The first-order valence-electron chi connectivity index (χ1n) is 0. The smallest absolute Gasteiger partial charge is 0 e. The van der Waals surface area contributed by atoms with E-state index >= 15 is 0 Å². The molecular weight excluding hydrogens is 88.2 g/mol. The van der Waals surface area contributed by atoms with Crippen LogP contribution in [0.5, 0.6) is 0 Å². The molecule has 0 heterocycles. The maximum absolute atomic E-state index is 0. The van der Waals surface area contributed by atoms with E-state index in [0.717, 1.165) is 0 Å². The second kappa shape index (κ2) is 148. The summed E-state index contributed by atoms with van der Waals surface area (Å²) in [6.07, 6.45) is 0. The lowest BCUT2D eigenvalue weighted by Gasteiger charge is -0.00100. The molecule has 4 heavy (non-hydrogen) atoms. The Kier molecular flexibility index (Phi) is 14500. The van der Waals surface area contributed by atoms with Crippen LogP contribution in [0, 0.1) is 0 Å². The van der Waals surface area contributed by atoms with E-state index in [-0.39, 0.29) is 32.9 Å². The molecule has 0 bridgehead atoms. The molecule has 0 aromatic carbocycles. The highest BCUT2D eigenvalue weighted by molar-refractivity contribution is 5.76. The first-order valence-corrected chi connectivity index (χ1v) is 0. The Bertz CT molecular complexity index is 4.00. The predicted octanol–water partition coefficient (Wildman–Crippen LogP) is -0.999. The lowest BCUT2D eigenvalue weighted by molar-refractivity contribution is 0.685. The van der Waals surface area contributed by atoms with Crippen molar-refractivity contribution < 1.29 is 11.0 Å². The predicted molar refractivity (Wildman–Crippen MR) is 12.9 cm³/mol. The van der Waals surface area contributed by atoms with Crippen LogP contribution in [0.1, 0.15) is 0 Å². The van der Waals surface area contributed by atoms with E-state index in [9.17, 15) is 0 Å². The van der Waals surface area contributed by atoms with Gasteiger partial charge in [0.05, 0.1) is 0 Å². The van der Waals surface area contributed by atoms with Gasteiger partial charge in [-0.15, -0.1) is 0 Å².